The summed E-state index contributed by atoms with van der Waals surface area (Å²) in [7, 11) is 0. The van der Waals surface area contributed by atoms with Crippen LogP contribution in [0.2, 0.25) is 0 Å². The molecule has 3 nitrogen and oxygen atoms in total. The molecule has 1 aliphatic heterocycles. The Balaban J connectivity index is 2.18. The van der Waals surface area contributed by atoms with Gasteiger partial charge in [0.2, 0.25) is 0 Å². The predicted molar refractivity (Wildman–Crippen MR) is 64.0 cm³/mol. The van der Waals surface area contributed by atoms with Gasteiger partial charge in [-0.3, -0.25) is 0 Å². The van der Waals surface area contributed by atoms with Crippen LogP contribution in [0.3, 0.4) is 0 Å². The second kappa shape index (κ2) is 7.20. The zero-order valence-electron chi connectivity index (χ0n) is 10.2. The van der Waals surface area contributed by atoms with Crippen LogP contribution in [0.25, 0.3) is 0 Å². The number of hydrogen-bond donors (Lipinski definition) is 2. The van der Waals surface area contributed by atoms with E-state index in [4.69, 9.17) is 5.11 Å². The Hall–Kier alpha value is -0.120. The summed E-state index contributed by atoms with van der Waals surface area (Å²) in [6.45, 7) is 9.52. The molecule has 0 aromatic carbocycles. The highest BCUT2D eigenvalue weighted by atomic mass is 16.2. The van der Waals surface area contributed by atoms with Gasteiger partial charge in [-0.05, 0) is 44.8 Å². The quantitative estimate of drug-likeness (QED) is 0.650. The number of hydrogen-bond acceptors (Lipinski definition) is 3. The summed E-state index contributed by atoms with van der Waals surface area (Å²) in [5.74, 6) is 0.757. The topological polar surface area (TPSA) is 35.5 Å². The summed E-state index contributed by atoms with van der Waals surface area (Å²) >= 11 is 0. The molecule has 1 heterocycles. The maximum Gasteiger partial charge on any atom is 0.0431 e. The first-order valence-electron chi connectivity index (χ1n) is 6.34. The Labute approximate surface area is 93.9 Å². The monoisotopic (exact) mass is 214 g/mol. The molecule has 0 aromatic rings. The van der Waals surface area contributed by atoms with Gasteiger partial charge in [0.1, 0.15) is 0 Å². The molecule has 0 aliphatic carbocycles. The van der Waals surface area contributed by atoms with E-state index in [0.29, 0.717) is 12.6 Å². The predicted octanol–water partition coefficient (Wildman–Crippen LogP) is 1.08. The third-order valence-electron chi connectivity index (χ3n) is 3.34. The number of aliphatic hydroxyl groups excluding tert-OH is 1. The zero-order valence-corrected chi connectivity index (χ0v) is 10.2. The fourth-order valence-electron chi connectivity index (χ4n) is 2.45. The molecule has 2 unspecified atom stereocenters. The highest BCUT2D eigenvalue weighted by molar-refractivity contribution is 4.82. The van der Waals surface area contributed by atoms with Gasteiger partial charge in [-0.15, -0.1) is 0 Å². The number of nitrogens with one attached hydrogen (secondary N) is 1. The van der Waals surface area contributed by atoms with Crippen LogP contribution in [0, 0.1) is 5.92 Å². The number of piperidine rings is 1. The Morgan fingerprint density at radius 3 is 2.80 bits per heavy atom. The van der Waals surface area contributed by atoms with E-state index < -0.39 is 0 Å². The van der Waals surface area contributed by atoms with Crippen molar-refractivity contribution in [2.24, 2.45) is 5.92 Å². The van der Waals surface area contributed by atoms with Crippen molar-refractivity contribution in [2.45, 2.75) is 39.2 Å². The van der Waals surface area contributed by atoms with Gasteiger partial charge in [-0.2, -0.15) is 0 Å². The average Bonchev–Trinajstić information content (AvgIpc) is 2.23. The molecule has 1 fully saturated rings. The first-order valence-corrected chi connectivity index (χ1v) is 6.34. The fraction of sp³-hybridized carbons (Fsp3) is 1.00. The van der Waals surface area contributed by atoms with Crippen molar-refractivity contribution in [3.63, 3.8) is 0 Å². The van der Waals surface area contributed by atoms with Gasteiger partial charge in [-0.1, -0.05) is 13.8 Å². The highest BCUT2D eigenvalue weighted by Gasteiger charge is 2.24. The number of unbranched alkanes of at least 4 members (excludes halogenated alkanes) is 1. The van der Waals surface area contributed by atoms with Crippen LogP contribution in [0.5, 0.6) is 0 Å². The molecule has 1 aliphatic rings. The van der Waals surface area contributed by atoms with Crippen LogP contribution in [-0.2, 0) is 0 Å². The molecule has 2 N–H and O–H groups in total. The maximum absolute atomic E-state index is 8.73. The van der Waals surface area contributed by atoms with E-state index in [1.807, 2.05) is 0 Å². The molecule has 15 heavy (non-hydrogen) atoms. The van der Waals surface area contributed by atoms with E-state index in [1.54, 1.807) is 0 Å². The minimum Gasteiger partial charge on any atom is -0.396 e. The lowest BCUT2D eigenvalue weighted by molar-refractivity contribution is 0.143. The zero-order chi connectivity index (χ0) is 11.1. The number of aliphatic hydroxyl groups is 1. The molecule has 0 saturated carbocycles. The maximum atomic E-state index is 8.73. The van der Waals surface area contributed by atoms with Crippen LogP contribution < -0.4 is 5.32 Å². The van der Waals surface area contributed by atoms with E-state index in [-0.39, 0.29) is 0 Å². The first kappa shape index (κ1) is 12.9. The van der Waals surface area contributed by atoms with Crippen LogP contribution in [0.4, 0.5) is 0 Å². The Morgan fingerprint density at radius 2 is 2.20 bits per heavy atom. The second-order valence-corrected chi connectivity index (χ2v) is 4.66. The third-order valence-corrected chi connectivity index (χ3v) is 3.34. The van der Waals surface area contributed by atoms with Crippen molar-refractivity contribution in [3.05, 3.63) is 0 Å². The van der Waals surface area contributed by atoms with Gasteiger partial charge in [0.05, 0.1) is 0 Å². The van der Waals surface area contributed by atoms with Crippen molar-refractivity contribution >= 4 is 0 Å². The Morgan fingerprint density at radius 1 is 1.40 bits per heavy atom. The standard InChI is InChI=1S/C12H26N2O/c1-3-13-12-6-8-14(10-11(12)2)7-4-5-9-15/h11-13,15H,3-10H2,1-2H3. The first-order chi connectivity index (χ1) is 7.27. The molecule has 90 valence electrons. The van der Waals surface area contributed by atoms with E-state index in [2.05, 4.69) is 24.1 Å². The average molecular weight is 214 g/mol. The van der Waals surface area contributed by atoms with Crippen molar-refractivity contribution in [1.82, 2.24) is 10.2 Å². The van der Waals surface area contributed by atoms with Crippen LogP contribution >= 0.6 is 0 Å². The van der Waals surface area contributed by atoms with Crippen LogP contribution in [0.1, 0.15) is 33.1 Å². The largest absolute Gasteiger partial charge is 0.396 e. The molecule has 0 amide bonds. The number of rotatable bonds is 6. The van der Waals surface area contributed by atoms with E-state index in [1.165, 1.54) is 19.5 Å². The third kappa shape index (κ3) is 4.49. The minimum atomic E-state index is 0.337. The van der Waals surface area contributed by atoms with Gasteiger partial charge in [-0.25, -0.2) is 0 Å². The molecule has 0 spiro atoms. The SMILES string of the molecule is CCNC1CCN(CCCCO)CC1C. The Kier molecular flexibility index (Phi) is 6.22. The molecule has 1 saturated heterocycles. The van der Waals surface area contributed by atoms with E-state index >= 15 is 0 Å². The summed E-state index contributed by atoms with van der Waals surface area (Å²) in [5.41, 5.74) is 0. The lowest BCUT2D eigenvalue weighted by atomic mass is 9.93. The molecule has 0 radical (unpaired) electrons. The summed E-state index contributed by atoms with van der Waals surface area (Å²) in [6, 6.07) is 0.712. The Bertz CT molecular complexity index is 164. The molecule has 0 bridgehead atoms. The fourth-order valence-corrected chi connectivity index (χ4v) is 2.45. The van der Waals surface area contributed by atoms with Crippen LogP contribution in [-0.4, -0.2) is 48.8 Å². The highest BCUT2D eigenvalue weighted by Crippen LogP contribution is 2.16. The van der Waals surface area contributed by atoms with Crippen molar-refractivity contribution in [3.8, 4) is 0 Å². The summed E-state index contributed by atoms with van der Waals surface area (Å²) in [5, 5.41) is 12.3. The van der Waals surface area contributed by atoms with E-state index in [9.17, 15) is 0 Å². The van der Waals surface area contributed by atoms with Gasteiger partial charge < -0.3 is 15.3 Å². The van der Waals surface area contributed by atoms with Gasteiger partial charge >= 0.3 is 0 Å². The number of likely N-dealkylation sites (tertiary alicyclic amines) is 1. The second-order valence-electron chi connectivity index (χ2n) is 4.66. The molecule has 3 heteroatoms. The lowest BCUT2D eigenvalue weighted by Gasteiger charge is -2.37. The molecule has 1 rings (SSSR count). The molecule has 2 atom stereocenters. The van der Waals surface area contributed by atoms with Crippen molar-refractivity contribution in [1.29, 1.82) is 0 Å². The van der Waals surface area contributed by atoms with Crippen molar-refractivity contribution in [2.75, 3.05) is 32.8 Å². The normalized spacial score (nSPS) is 28.2. The minimum absolute atomic E-state index is 0.337. The number of nitrogens with zero attached hydrogens (tertiary/aromatic N) is 1. The summed E-state index contributed by atoms with van der Waals surface area (Å²) in [4.78, 5) is 2.54. The smallest absolute Gasteiger partial charge is 0.0431 e. The van der Waals surface area contributed by atoms with Crippen LogP contribution in [0.15, 0.2) is 0 Å². The van der Waals surface area contributed by atoms with Gasteiger partial charge in [0, 0.05) is 19.2 Å². The molecular weight excluding hydrogens is 188 g/mol. The lowest BCUT2D eigenvalue weighted by Crippen LogP contribution is -2.48. The summed E-state index contributed by atoms with van der Waals surface area (Å²) < 4.78 is 0. The van der Waals surface area contributed by atoms with Gasteiger partial charge in [0.25, 0.3) is 0 Å². The van der Waals surface area contributed by atoms with E-state index in [0.717, 1.165) is 31.8 Å². The molecular formula is C12H26N2O. The van der Waals surface area contributed by atoms with Gasteiger partial charge in [0.15, 0.2) is 0 Å². The molecule has 0 aromatic heterocycles. The summed E-state index contributed by atoms with van der Waals surface area (Å²) in [6.07, 6.45) is 3.35. The van der Waals surface area contributed by atoms with Crippen molar-refractivity contribution < 1.29 is 5.11 Å².